The first-order valence-electron chi connectivity index (χ1n) is 5.16. The van der Waals surface area contributed by atoms with Gasteiger partial charge in [-0.25, -0.2) is 9.78 Å². The highest BCUT2D eigenvalue weighted by molar-refractivity contribution is 5.96. The second kappa shape index (κ2) is 4.40. The van der Waals surface area contributed by atoms with Crippen molar-refractivity contribution in [3.05, 3.63) is 17.8 Å². The van der Waals surface area contributed by atoms with Crippen LogP contribution in [0.1, 0.15) is 18.9 Å². The van der Waals surface area contributed by atoms with Gasteiger partial charge in [-0.2, -0.15) is 0 Å². The molecule has 0 fully saturated rings. The topological polar surface area (TPSA) is 68.7 Å². The van der Waals surface area contributed by atoms with E-state index in [-0.39, 0.29) is 5.91 Å². The number of rotatable bonds is 2. The molecule has 1 aromatic rings. The molecule has 0 radical (unpaired) electrons. The maximum atomic E-state index is 11.7. The molecule has 0 aliphatic carbocycles. The Morgan fingerprint density at radius 2 is 2.24 bits per heavy atom. The van der Waals surface area contributed by atoms with Gasteiger partial charge in [0.2, 0.25) is 5.88 Å². The van der Waals surface area contributed by atoms with Gasteiger partial charge in [0.15, 0.2) is 0 Å². The molecule has 1 aliphatic heterocycles. The number of aromatic nitrogens is 1. The number of hydroxylamine groups is 1. The van der Waals surface area contributed by atoms with E-state index in [1.807, 2.05) is 0 Å². The second-order valence-corrected chi connectivity index (χ2v) is 3.63. The van der Waals surface area contributed by atoms with E-state index in [1.165, 1.54) is 14.0 Å². The van der Waals surface area contributed by atoms with E-state index in [0.29, 0.717) is 24.4 Å². The van der Waals surface area contributed by atoms with E-state index >= 15 is 0 Å². The summed E-state index contributed by atoms with van der Waals surface area (Å²) in [5.74, 6) is -0.418. The predicted octanol–water partition coefficient (Wildman–Crippen LogP) is 0.847. The number of methoxy groups -OCH3 is 1. The molecule has 0 saturated heterocycles. The fourth-order valence-electron chi connectivity index (χ4n) is 1.65. The number of carbonyl (C=O) groups is 2. The Kier molecular flexibility index (Phi) is 2.95. The first-order chi connectivity index (χ1) is 8.11. The summed E-state index contributed by atoms with van der Waals surface area (Å²) in [6.07, 6.45) is 2.51. The summed E-state index contributed by atoms with van der Waals surface area (Å²) < 4.78 is 4.98. The Balaban J connectivity index is 2.41. The largest absolute Gasteiger partial charge is 0.481 e. The van der Waals surface area contributed by atoms with Gasteiger partial charge in [-0.1, -0.05) is 0 Å². The van der Waals surface area contributed by atoms with Crippen molar-refractivity contribution in [2.45, 2.75) is 19.8 Å². The van der Waals surface area contributed by atoms with Gasteiger partial charge in [-0.05, 0) is 12.0 Å². The van der Waals surface area contributed by atoms with Crippen LogP contribution < -0.4 is 9.80 Å². The number of hydrogen-bond acceptors (Lipinski definition) is 5. The van der Waals surface area contributed by atoms with Crippen molar-refractivity contribution in [3.8, 4) is 5.88 Å². The van der Waals surface area contributed by atoms with Crippen molar-refractivity contribution in [1.29, 1.82) is 0 Å². The lowest BCUT2D eigenvalue weighted by Gasteiger charge is -2.26. The highest BCUT2D eigenvalue weighted by Crippen LogP contribution is 2.30. The van der Waals surface area contributed by atoms with Crippen LogP contribution in [-0.2, 0) is 20.8 Å². The third kappa shape index (κ3) is 2.20. The molecule has 0 N–H and O–H groups in total. The van der Waals surface area contributed by atoms with Crippen molar-refractivity contribution in [3.63, 3.8) is 0 Å². The van der Waals surface area contributed by atoms with E-state index < -0.39 is 5.97 Å². The summed E-state index contributed by atoms with van der Waals surface area (Å²) in [7, 11) is 1.48. The lowest BCUT2D eigenvalue weighted by atomic mass is 10.1. The minimum absolute atomic E-state index is 0.249. The smallest absolute Gasteiger partial charge is 0.330 e. The van der Waals surface area contributed by atoms with Gasteiger partial charge in [0.05, 0.1) is 12.8 Å². The van der Waals surface area contributed by atoms with Gasteiger partial charge in [0.25, 0.3) is 5.91 Å². The number of hydrogen-bond donors (Lipinski definition) is 0. The number of fused-ring (bicyclic) bond motifs is 1. The third-order valence-corrected chi connectivity index (χ3v) is 2.42. The molecule has 2 rings (SSSR count). The molecule has 6 nitrogen and oxygen atoms in total. The zero-order valence-corrected chi connectivity index (χ0v) is 9.60. The van der Waals surface area contributed by atoms with E-state index in [0.717, 1.165) is 10.6 Å². The van der Waals surface area contributed by atoms with E-state index in [2.05, 4.69) is 4.98 Å². The van der Waals surface area contributed by atoms with Crippen molar-refractivity contribution in [1.82, 2.24) is 4.98 Å². The van der Waals surface area contributed by atoms with Crippen LogP contribution in [0.25, 0.3) is 0 Å². The molecule has 0 bridgehead atoms. The van der Waals surface area contributed by atoms with Gasteiger partial charge >= 0.3 is 5.97 Å². The summed E-state index contributed by atoms with van der Waals surface area (Å²) in [6, 6.07) is 1.58. The predicted molar refractivity (Wildman–Crippen MR) is 58.4 cm³/mol. The monoisotopic (exact) mass is 236 g/mol. The molecule has 0 saturated carbocycles. The number of ether oxygens (including phenoxy) is 1. The van der Waals surface area contributed by atoms with E-state index in [1.54, 1.807) is 12.3 Å². The second-order valence-electron chi connectivity index (χ2n) is 3.63. The van der Waals surface area contributed by atoms with Gasteiger partial charge in [-0.15, -0.1) is 5.06 Å². The first-order valence-corrected chi connectivity index (χ1v) is 5.16. The number of nitrogens with zero attached hydrogens (tertiary/aromatic N) is 2. The Morgan fingerprint density at radius 1 is 1.47 bits per heavy atom. The van der Waals surface area contributed by atoms with E-state index in [4.69, 9.17) is 9.57 Å². The third-order valence-electron chi connectivity index (χ3n) is 2.42. The number of anilines is 1. The normalized spacial score (nSPS) is 14.2. The first kappa shape index (κ1) is 11.4. The highest BCUT2D eigenvalue weighted by atomic mass is 16.7. The highest BCUT2D eigenvalue weighted by Gasteiger charge is 2.27. The fourth-order valence-corrected chi connectivity index (χ4v) is 1.65. The van der Waals surface area contributed by atoms with Gasteiger partial charge in [-0.3, -0.25) is 4.79 Å². The molecule has 0 spiro atoms. The average molecular weight is 236 g/mol. The number of aryl methyl sites for hydroxylation is 1. The minimum Gasteiger partial charge on any atom is -0.481 e. The number of pyridine rings is 1. The van der Waals surface area contributed by atoms with Crippen LogP contribution in [0.5, 0.6) is 5.88 Å². The molecule has 1 aromatic heterocycles. The molecule has 6 heteroatoms. The summed E-state index contributed by atoms with van der Waals surface area (Å²) in [5, 5.41) is 1.01. The van der Waals surface area contributed by atoms with Crippen LogP contribution in [0.15, 0.2) is 12.3 Å². The molecule has 1 amide bonds. The summed E-state index contributed by atoms with van der Waals surface area (Å²) in [5.41, 5.74) is 1.37. The minimum atomic E-state index is -0.540. The van der Waals surface area contributed by atoms with Gasteiger partial charge in [0.1, 0.15) is 0 Å². The lowest BCUT2D eigenvalue weighted by Crippen LogP contribution is -2.36. The molecule has 2 heterocycles. The molecule has 1 aliphatic rings. The molecular formula is C11H12N2O4. The summed E-state index contributed by atoms with van der Waals surface area (Å²) in [6.45, 7) is 1.25. The van der Waals surface area contributed by atoms with Crippen LogP contribution in [0.3, 0.4) is 0 Å². The Labute approximate surface area is 98.1 Å². The van der Waals surface area contributed by atoms with Crippen molar-refractivity contribution < 1.29 is 19.2 Å². The summed E-state index contributed by atoms with van der Waals surface area (Å²) >= 11 is 0. The summed E-state index contributed by atoms with van der Waals surface area (Å²) in [4.78, 5) is 31.6. The van der Waals surface area contributed by atoms with Crippen LogP contribution in [0.2, 0.25) is 0 Å². The van der Waals surface area contributed by atoms with Crippen LogP contribution in [0, 0.1) is 0 Å². The van der Waals surface area contributed by atoms with Gasteiger partial charge < -0.3 is 9.57 Å². The average Bonchev–Trinajstić information content (AvgIpc) is 2.32. The fraction of sp³-hybridized carbons (Fsp3) is 0.364. The number of carbonyl (C=O) groups excluding carboxylic acids is 2. The standard InChI is InChI=1S/C11H12N2O4/c1-7(14)17-13-9-5-10(16-2)12-6-8(9)3-4-11(13)15/h5-6H,3-4H2,1-2H3. The van der Waals surface area contributed by atoms with Crippen LogP contribution >= 0.6 is 0 Å². The SMILES string of the molecule is COc1cc2c(cn1)CCC(=O)N2OC(C)=O. The molecule has 90 valence electrons. The van der Waals surface area contributed by atoms with Crippen molar-refractivity contribution in [2.24, 2.45) is 0 Å². The molecule has 0 aromatic carbocycles. The van der Waals surface area contributed by atoms with E-state index in [9.17, 15) is 9.59 Å². The van der Waals surface area contributed by atoms with Crippen molar-refractivity contribution >= 4 is 17.6 Å². The zero-order valence-electron chi connectivity index (χ0n) is 9.60. The van der Waals surface area contributed by atoms with Crippen molar-refractivity contribution in [2.75, 3.05) is 12.2 Å². The number of amides is 1. The maximum absolute atomic E-state index is 11.7. The molecule has 17 heavy (non-hydrogen) atoms. The van der Waals surface area contributed by atoms with Gasteiger partial charge in [0, 0.05) is 25.6 Å². The molecule has 0 unspecified atom stereocenters. The van der Waals surface area contributed by atoms with Crippen LogP contribution in [-0.4, -0.2) is 24.0 Å². The quantitative estimate of drug-likeness (QED) is 0.761. The zero-order chi connectivity index (χ0) is 12.4. The Bertz CT molecular complexity index is 473. The molecular weight excluding hydrogens is 224 g/mol. The molecule has 0 atom stereocenters. The lowest BCUT2D eigenvalue weighted by molar-refractivity contribution is -0.148. The van der Waals surface area contributed by atoms with Crippen LogP contribution in [0.4, 0.5) is 5.69 Å². The Hall–Kier alpha value is -2.11. The Morgan fingerprint density at radius 3 is 2.88 bits per heavy atom. The maximum Gasteiger partial charge on any atom is 0.330 e.